The van der Waals surface area contributed by atoms with Crippen LogP contribution >= 0.6 is 11.6 Å². The van der Waals surface area contributed by atoms with Gasteiger partial charge in [0.25, 0.3) is 5.89 Å². The molecule has 0 unspecified atom stereocenters. The molecule has 5 heteroatoms. The van der Waals surface area contributed by atoms with Gasteiger partial charge in [-0.15, -0.1) is 0 Å². The number of aromatic nitrogens is 2. The van der Waals surface area contributed by atoms with Gasteiger partial charge in [0.05, 0.1) is 5.02 Å². The van der Waals surface area contributed by atoms with Gasteiger partial charge < -0.3 is 9.63 Å². The summed E-state index contributed by atoms with van der Waals surface area (Å²) in [6, 6.07) is 4.77. The van der Waals surface area contributed by atoms with E-state index >= 15 is 0 Å². The molecule has 0 radical (unpaired) electrons. The molecule has 0 spiro atoms. The van der Waals surface area contributed by atoms with Gasteiger partial charge in [-0.25, -0.2) is 0 Å². The Morgan fingerprint density at radius 1 is 1.29 bits per heavy atom. The van der Waals surface area contributed by atoms with E-state index in [1.54, 1.807) is 12.1 Å². The summed E-state index contributed by atoms with van der Waals surface area (Å²) in [4.78, 5) is 4.30. The van der Waals surface area contributed by atoms with E-state index in [1.807, 2.05) is 20.8 Å². The molecule has 4 nitrogen and oxygen atoms in total. The van der Waals surface area contributed by atoms with Crippen LogP contribution < -0.4 is 0 Å². The van der Waals surface area contributed by atoms with E-state index in [9.17, 15) is 5.11 Å². The summed E-state index contributed by atoms with van der Waals surface area (Å²) in [5.74, 6) is 1.07. The molecule has 0 aliphatic heterocycles. The van der Waals surface area contributed by atoms with Gasteiger partial charge in [0.2, 0.25) is 0 Å². The predicted molar refractivity (Wildman–Crippen MR) is 65.1 cm³/mol. The van der Waals surface area contributed by atoms with Gasteiger partial charge in [-0.2, -0.15) is 4.98 Å². The molecule has 2 rings (SSSR count). The van der Waals surface area contributed by atoms with Crippen molar-refractivity contribution in [3.63, 3.8) is 0 Å². The third-order valence-corrected chi connectivity index (χ3v) is 2.59. The summed E-state index contributed by atoms with van der Waals surface area (Å²) in [5, 5.41) is 13.5. The van der Waals surface area contributed by atoms with Crippen molar-refractivity contribution in [2.24, 2.45) is 0 Å². The lowest BCUT2D eigenvalue weighted by Gasteiger charge is -2.10. The third-order valence-electron chi connectivity index (χ3n) is 2.29. The monoisotopic (exact) mass is 252 g/mol. The highest BCUT2D eigenvalue weighted by atomic mass is 35.5. The van der Waals surface area contributed by atoms with Crippen LogP contribution in [0.1, 0.15) is 26.6 Å². The summed E-state index contributed by atoms with van der Waals surface area (Å²) in [5.41, 5.74) is 0.526. The molecule has 0 atom stereocenters. The second-order valence-corrected chi connectivity index (χ2v) is 5.25. The summed E-state index contributed by atoms with van der Waals surface area (Å²) >= 11 is 5.82. The number of hydrogen-bond donors (Lipinski definition) is 1. The number of hydrogen-bond acceptors (Lipinski definition) is 4. The van der Waals surface area contributed by atoms with Crippen molar-refractivity contribution >= 4 is 11.6 Å². The van der Waals surface area contributed by atoms with E-state index in [0.29, 0.717) is 17.3 Å². The van der Waals surface area contributed by atoms with Crippen LogP contribution in [0.15, 0.2) is 22.7 Å². The molecule has 0 saturated carbocycles. The van der Waals surface area contributed by atoms with E-state index in [-0.39, 0.29) is 16.2 Å². The molecule has 1 aromatic carbocycles. The minimum absolute atomic E-state index is 0.0333. The zero-order chi connectivity index (χ0) is 12.6. The molecule has 1 heterocycles. The van der Waals surface area contributed by atoms with E-state index in [2.05, 4.69) is 10.1 Å². The van der Waals surface area contributed by atoms with Crippen LogP contribution in [-0.2, 0) is 5.41 Å². The number of benzene rings is 1. The topological polar surface area (TPSA) is 59.2 Å². The van der Waals surface area contributed by atoms with E-state index in [0.717, 1.165) is 0 Å². The smallest absolute Gasteiger partial charge is 0.257 e. The normalized spacial score (nSPS) is 11.8. The van der Waals surface area contributed by atoms with Crippen molar-refractivity contribution in [1.82, 2.24) is 10.1 Å². The van der Waals surface area contributed by atoms with Crippen LogP contribution in [-0.4, -0.2) is 15.2 Å². The Balaban J connectivity index is 2.40. The van der Waals surface area contributed by atoms with Gasteiger partial charge in [-0.1, -0.05) is 37.5 Å². The maximum Gasteiger partial charge on any atom is 0.257 e. The summed E-state index contributed by atoms with van der Waals surface area (Å²) < 4.78 is 5.17. The Kier molecular flexibility index (Phi) is 2.83. The van der Waals surface area contributed by atoms with E-state index < -0.39 is 0 Å². The molecule has 1 aromatic heterocycles. The highest BCUT2D eigenvalue weighted by Crippen LogP contribution is 2.29. The lowest BCUT2D eigenvalue weighted by atomic mass is 9.96. The fourth-order valence-electron chi connectivity index (χ4n) is 1.29. The Bertz CT molecular complexity index is 544. The molecule has 0 aliphatic rings. The van der Waals surface area contributed by atoms with Crippen LogP contribution in [0.25, 0.3) is 11.5 Å². The largest absolute Gasteiger partial charge is 0.506 e. The van der Waals surface area contributed by atoms with Crippen LogP contribution in [0.5, 0.6) is 5.75 Å². The van der Waals surface area contributed by atoms with Crippen molar-refractivity contribution in [3.05, 3.63) is 29.0 Å². The van der Waals surface area contributed by atoms with Gasteiger partial charge in [0.15, 0.2) is 5.82 Å². The second-order valence-electron chi connectivity index (χ2n) is 4.84. The molecule has 0 saturated heterocycles. The summed E-state index contributed by atoms with van der Waals surface area (Å²) in [6.45, 7) is 6.02. The quantitative estimate of drug-likeness (QED) is 0.845. The van der Waals surface area contributed by atoms with Crippen molar-refractivity contribution in [2.45, 2.75) is 26.2 Å². The number of aromatic hydroxyl groups is 1. The Morgan fingerprint density at radius 2 is 2.00 bits per heavy atom. The first-order valence-corrected chi connectivity index (χ1v) is 5.59. The first-order valence-electron chi connectivity index (χ1n) is 5.21. The van der Waals surface area contributed by atoms with E-state index in [1.165, 1.54) is 6.07 Å². The van der Waals surface area contributed by atoms with E-state index in [4.69, 9.17) is 16.1 Å². The number of phenols is 1. The molecule has 0 fully saturated rings. The van der Waals surface area contributed by atoms with Crippen molar-refractivity contribution in [1.29, 1.82) is 0 Å². The number of phenolic OH excluding ortho intramolecular Hbond substituents is 1. The zero-order valence-corrected chi connectivity index (χ0v) is 10.6. The fraction of sp³-hybridized carbons (Fsp3) is 0.333. The van der Waals surface area contributed by atoms with Crippen molar-refractivity contribution < 1.29 is 9.63 Å². The van der Waals surface area contributed by atoms with Crippen molar-refractivity contribution in [2.75, 3.05) is 0 Å². The van der Waals surface area contributed by atoms with Gasteiger partial charge in [-0.05, 0) is 18.2 Å². The van der Waals surface area contributed by atoms with Gasteiger partial charge in [0, 0.05) is 11.0 Å². The Hall–Kier alpha value is -1.55. The molecule has 2 aromatic rings. The van der Waals surface area contributed by atoms with Crippen LogP contribution in [0.4, 0.5) is 0 Å². The lowest BCUT2D eigenvalue weighted by molar-refractivity contribution is 0.402. The first-order chi connectivity index (χ1) is 7.88. The maximum absolute atomic E-state index is 9.33. The molecular formula is C12H13ClN2O2. The molecule has 1 N–H and O–H groups in total. The molecule has 0 amide bonds. The van der Waals surface area contributed by atoms with Crippen LogP contribution in [0, 0.1) is 0 Å². The number of nitrogens with zero attached hydrogens (tertiary/aromatic N) is 2. The zero-order valence-electron chi connectivity index (χ0n) is 9.86. The fourth-order valence-corrected chi connectivity index (χ4v) is 1.47. The predicted octanol–water partition coefficient (Wildman–Crippen LogP) is 3.39. The molecule has 17 heavy (non-hydrogen) atoms. The minimum Gasteiger partial charge on any atom is -0.506 e. The van der Waals surface area contributed by atoms with Crippen LogP contribution in [0.2, 0.25) is 5.02 Å². The highest BCUT2D eigenvalue weighted by Gasteiger charge is 2.21. The maximum atomic E-state index is 9.33. The third kappa shape index (κ3) is 2.42. The van der Waals surface area contributed by atoms with Gasteiger partial charge >= 0.3 is 0 Å². The molecule has 0 bridgehead atoms. The average Bonchev–Trinajstić information content (AvgIpc) is 2.70. The first kappa shape index (κ1) is 11.9. The molecule has 90 valence electrons. The number of halogens is 1. The second kappa shape index (κ2) is 4.04. The van der Waals surface area contributed by atoms with Gasteiger partial charge in [0.1, 0.15) is 5.75 Å². The average molecular weight is 253 g/mol. The Labute approximate surface area is 104 Å². The van der Waals surface area contributed by atoms with Gasteiger partial charge in [-0.3, -0.25) is 0 Å². The minimum atomic E-state index is -0.164. The SMILES string of the molecule is CC(C)(C)c1noc(-c2ccc(O)c(Cl)c2)n1. The van der Waals surface area contributed by atoms with Crippen molar-refractivity contribution in [3.8, 4) is 17.2 Å². The number of rotatable bonds is 1. The molecular weight excluding hydrogens is 240 g/mol. The lowest BCUT2D eigenvalue weighted by Crippen LogP contribution is -2.13. The summed E-state index contributed by atoms with van der Waals surface area (Å²) in [7, 11) is 0. The highest BCUT2D eigenvalue weighted by molar-refractivity contribution is 6.32. The summed E-state index contributed by atoms with van der Waals surface area (Å²) in [6.07, 6.45) is 0. The van der Waals surface area contributed by atoms with Crippen LogP contribution in [0.3, 0.4) is 0 Å². The Morgan fingerprint density at radius 3 is 2.53 bits per heavy atom. The standard InChI is InChI=1S/C12H13ClN2O2/c1-12(2,3)11-14-10(17-15-11)7-4-5-9(16)8(13)6-7/h4-6,16H,1-3H3. The molecule has 0 aliphatic carbocycles.